The third kappa shape index (κ3) is 5.72. The summed E-state index contributed by atoms with van der Waals surface area (Å²) in [6.45, 7) is 4.29. The molecule has 180 valence electrons. The lowest BCUT2D eigenvalue weighted by molar-refractivity contribution is -0.116. The lowest BCUT2D eigenvalue weighted by Gasteiger charge is -2.26. The van der Waals surface area contributed by atoms with Crippen LogP contribution in [0.2, 0.25) is 5.02 Å². The van der Waals surface area contributed by atoms with Gasteiger partial charge in [-0.25, -0.2) is 0 Å². The number of anilines is 1. The fourth-order valence-electron chi connectivity index (χ4n) is 4.44. The third-order valence-electron chi connectivity index (χ3n) is 6.03. The van der Waals surface area contributed by atoms with Crippen LogP contribution in [0.5, 0.6) is 11.5 Å². The molecule has 2 aromatic carbocycles. The van der Waals surface area contributed by atoms with Gasteiger partial charge in [-0.3, -0.25) is 14.6 Å². The Bertz CT molecular complexity index is 977. The second-order valence-corrected chi connectivity index (χ2v) is 9.65. The van der Waals surface area contributed by atoms with Crippen molar-refractivity contribution in [3.05, 3.63) is 47.0 Å². The van der Waals surface area contributed by atoms with E-state index in [4.69, 9.17) is 21.1 Å². The molecular formula is C24H30Cl2N2O4S. The highest BCUT2D eigenvalue weighted by Gasteiger charge is 2.36. The summed E-state index contributed by atoms with van der Waals surface area (Å²) in [7, 11) is 1.63. The maximum Gasteiger partial charge on any atom is 0.225 e. The van der Waals surface area contributed by atoms with Crippen molar-refractivity contribution in [2.75, 3.05) is 38.3 Å². The zero-order chi connectivity index (χ0) is 22.7. The largest absolute Gasteiger partial charge is 0.497 e. The van der Waals surface area contributed by atoms with Crippen LogP contribution in [0, 0.1) is 0 Å². The summed E-state index contributed by atoms with van der Waals surface area (Å²) in [5.41, 5.74) is 1.75. The number of methoxy groups -OCH3 is 1. The topological polar surface area (TPSA) is 62.2 Å². The number of carbonyl (C=O) groups is 1. The first-order chi connectivity index (χ1) is 15.5. The monoisotopic (exact) mass is 512 g/mol. The van der Waals surface area contributed by atoms with Crippen molar-refractivity contribution in [1.29, 1.82) is 0 Å². The summed E-state index contributed by atoms with van der Waals surface area (Å²) in [6.07, 6.45) is 3.06. The van der Waals surface area contributed by atoms with Crippen LogP contribution in [-0.4, -0.2) is 55.4 Å². The zero-order valence-electron chi connectivity index (χ0n) is 18.8. The molecule has 33 heavy (non-hydrogen) atoms. The first-order valence-corrected chi connectivity index (χ1v) is 12.2. The Labute approximate surface area is 210 Å². The zero-order valence-corrected chi connectivity index (χ0v) is 21.2. The molecule has 0 aromatic heterocycles. The van der Waals surface area contributed by atoms with Crippen molar-refractivity contribution in [3.8, 4) is 11.5 Å². The van der Waals surface area contributed by atoms with E-state index in [2.05, 4.69) is 4.90 Å². The summed E-state index contributed by atoms with van der Waals surface area (Å²) in [4.78, 5) is 17.7. The van der Waals surface area contributed by atoms with Crippen LogP contribution >= 0.6 is 35.8 Å². The molecule has 4 rings (SSSR count). The molecule has 2 aliphatic rings. The molecule has 2 atom stereocenters. The lowest BCUT2D eigenvalue weighted by Crippen LogP contribution is -2.33. The number of benzene rings is 2. The Morgan fingerprint density at radius 2 is 2.09 bits per heavy atom. The minimum Gasteiger partial charge on any atom is -0.497 e. The molecule has 9 heteroatoms. The van der Waals surface area contributed by atoms with Gasteiger partial charge in [-0.2, -0.15) is 0 Å². The summed E-state index contributed by atoms with van der Waals surface area (Å²) >= 11 is 7.79. The van der Waals surface area contributed by atoms with E-state index in [0.717, 1.165) is 54.2 Å². The average molecular weight is 513 g/mol. The molecule has 2 aliphatic heterocycles. The summed E-state index contributed by atoms with van der Waals surface area (Å²) in [5.74, 6) is 1.42. The predicted molar refractivity (Wildman–Crippen MR) is 135 cm³/mol. The number of rotatable bonds is 8. The maximum absolute atomic E-state index is 12.6. The Morgan fingerprint density at radius 3 is 2.82 bits per heavy atom. The van der Waals surface area contributed by atoms with Crippen LogP contribution < -0.4 is 14.4 Å². The number of aliphatic hydroxyl groups excluding tert-OH is 1. The lowest BCUT2D eigenvalue weighted by atomic mass is 10.1. The van der Waals surface area contributed by atoms with Crippen LogP contribution in [0.4, 0.5) is 5.69 Å². The molecule has 1 N–H and O–H groups in total. The molecule has 6 nitrogen and oxygen atoms in total. The Hall–Kier alpha value is -1.64. The summed E-state index contributed by atoms with van der Waals surface area (Å²) in [6, 6.07) is 11.6. The number of carbonyl (C=O) groups excluding carboxylic acids is 1. The van der Waals surface area contributed by atoms with Crippen LogP contribution in [0.1, 0.15) is 37.1 Å². The molecule has 1 saturated heterocycles. The van der Waals surface area contributed by atoms with E-state index in [0.29, 0.717) is 17.4 Å². The molecule has 0 aliphatic carbocycles. The highest BCUT2D eigenvalue weighted by molar-refractivity contribution is 8.00. The van der Waals surface area contributed by atoms with Gasteiger partial charge in [-0.15, -0.1) is 12.4 Å². The van der Waals surface area contributed by atoms with Gasteiger partial charge in [0.25, 0.3) is 0 Å². The predicted octanol–water partition coefficient (Wildman–Crippen LogP) is 5.15. The highest BCUT2D eigenvalue weighted by atomic mass is 35.5. The Morgan fingerprint density at radius 1 is 1.27 bits per heavy atom. The second kappa shape index (κ2) is 11.7. The van der Waals surface area contributed by atoms with Crippen LogP contribution in [-0.2, 0) is 4.79 Å². The third-order valence-corrected chi connectivity index (χ3v) is 7.54. The van der Waals surface area contributed by atoms with Crippen LogP contribution in [0.25, 0.3) is 0 Å². The van der Waals surface area contributed by atoms with Gasteiger partial charge in [-0.05, 0) is 62.2 Å². The summed E-state index contributed by atoms with van der Waals surface area (Å²) in [5, 5.41) is 9.90. The molecule has 1 unspecified atom stereocenters. The van der Waals surface area contributed by atoms with E-state index in [1.54, 1.807) is 36.8 Å². The van der Waals surface area contributed by atoms with Crippen LogP contribution in [0.15, 0.2) is 41.3 Å². The molecular weight excluding hydrogens is 483 g/mol. The quantitative estimate of drug-likeness (QED) is 0.493. The van der Waals surface area contributed by atoms with E-state index in [-0.39, 0.29) is 36.3 Å². The standard InChI is InChI=1S/C24H29ClN2O4S.ClH/c1-16(29)27-21-8-6-17(25)13-23(21)32-24(27)20-14-19(30-2)7-9-22(20)31-12-4-11-26-10-3-5-18(26)15-28;/h6-9,13-14,18,24,28H,3-5,10-12,15H2,1-2H3;1H/t18-,24?;/m0./s1. The Balaban J connectivity index is 0.00000306. The number of fused-ring (bicyclic) bond motifs is 1. The maximum atomic E-state index is 12.6. The SMILES string of the molecule is COc1ccc(OCCCN2CCC[C@H]2CO)c(C2Sc3cc(Cl)ccc3N2C(C)=O)c1.Cl. The van der Waals surface area contributed by atoms with Crippen LogP contribution in [0.3, 0.4) is 0 Å². The first kappa shape index (κ1) is 26.0. The van der Waals surface area contributed by atoms with Crippen molar-refractivity contribution in [2.45, 2.75) is 42.5 Å². The van der Waals surface area contributed by atoms with E-state index >= 15 is 0 Å². The summed E-state index contributed by atoms with van der Waals surface area (Å²) < 4.78 is 11.7. The van der Waals surface area contributed by atoms with Crippen molar-refractivity contribution >= 4 is 47.4 Å². The highest BCUT2D eigenvalue weighted by Crippen LogP contribution is 2.54. The van der Waals surface area contributed by atoms with E-state index in [9.17, 15) is 9.90 Å². The number of hydrogen-bond donors (Lipinski definition) is 1. The molecule has 0 saturated carbocycles. The van der Waals surface area contributed by atoms with Crippen molar-refractivity contribution < 1.29 is 19.4 Å². The van der Waals surface area contributed by atoms with Gasteiger partial charge in [0.1, 0.15) is 16.9 Å². The van der Waals surface area contributed by atoms with E-state index in [1.165, 1.54) is 0 Å². The smallest absolute Gasteiger partial charge is 0.225 e. The molecule has 0 bridgehead atoms. The molecule has 0 radical (unpaired) electrons. The molecule has 1 fully saturated rings. The first-order valence-electron chi connectivity index (χ1n) is 10.9. The Kier molecular flexibility index (Phi) is 9.18. The van der Waals surface area contributed by atoms with Gasteiger partial charge < -0.3 is 14.6 Å². The van der Waals surface area contributed by atoms with Gasteiger partial charge >= 0.3 is 0 Å². The van der Waals surface area contributed by atoms with E-state index in [1.807, 2.05) is 30.3 Å². The van der Waals surface area contributed by atoms with Gasteiger partial charge in [-0.1, -0.05) is 23.4 Å². The van der Waals surface area contributed by atoms with Gasteiger partial charge in [0, 0.05) is 35.0 Å². The minimum absolute atomic E-state index is 0. The van der Waals surface area contributed by atoms with Gasteiger partial charge in [0.15, 0.2) is 0 Å². The number of aliphatic hydroxyl groups is 1. The molecule has 2 heterocycles. The van der Waals surface area contributed by atoms with Crippen molar-refractivity contribution in [2.24, 2.45) is 0 Å². The average Bonchev–Trinajstić information content (AvgIpc) is 3.40. The fraction of sp³-hybridized carbons (Fsp3) is 0.458. The second-order valence-electron chi connectivity index (χ2n) is 8.09. The number of hydrogen-bond acceptors (Lipinski definition) is 6. The number of nitrogens with zero attached hydrogens (tertiary/aromatic N) is 2. The van der Waals surface area contributed by atoms with Gasteiger partial charge in [0.2, 0.25) is 5.91 Å². The molecule has 1 amide bonds. The molecule has 0 spiro atoms. The molecule has 2 aromatic rings. The van der Waals surface area contributed by atoms with E-state index < -0.39 is 0 Å². The number of thioether (sulfide) groups is 1. The van der Waals surface area contributed by atoms with Crippen molar-refractivity contribution in [3.63, 3.8) is 0 Å². The number of amides is 1. The number of ether oxygens (including phenoxy) is 2. The number of halogens is 2. The minimum atomic E-state index is -0.261. The number of likely N-dealkylation sites (tertiary alicyclic amines) is 1. The fourth-order valence-corrected chi connectivity index (χ4v) is 6.08. The van der Waals surface area contributed by atoms with Crippen molar-refractivity contribution in [1.82, 2.24) is 4.90 Å². The normalized spacial score (nSPS) is 19.8. The van der Waals surface area contributed by atoms with Gasteiger partial charge in [0.05, 0.1) is 26.0 Å².